The number of carbonyl (C=O) groups is 2. The molecule has 2 aromatic rings. The molecule has 0 bridgehead atoms. The monoisotopic (exact) mass is 311 g/mol. The van der Waals surface area contributed by atoms with Gasteiger partial charge in [-0.25, -0.2) is 4.79 Å². The van der Waals surface area contributed by atoms with Gasteiger partial charge in [-0.3, -0.25) is 4.79 Å². The van der Waals surface area contributed by atoms with E-state index in [1.54, 1.807) is 24.3 Å². The smallest absolute Gasteiger partial charge is 0.335 e. The highest BCUT2D eigenvalue weighted by Crippen LogP contribution is 2.10. The van der Waals surface area contributed by atoms with Gasteiger partial charge in [0.1, 0.15) is 0 Å². The Bertz CT molecular complexity index is 677. The highest BCUT2D eigenvalue weighted by atomic mass is 16.4. The SMILES string of the molecule is CCc1ccccc1CC(=O)NCCc1ccc(C(=O)O)cc1. The highest BCUT2D eigenvalue weighted by molar-refractivity contribution is 5.87. The van der Waals surface area contributed by atoms with Crippen LogP contribution in [0.4, 0.5) is 0 Å². The maximum atomic E-state index is 12.0. The third kappa shape index (κ3) is 4.95. The van der Waals surface area contributed by atoms with Gasteiger partial charge in [-0.05, 0) is 41.7 Å². The first-order valence-corrected chi connectivity index (χ1v) is 7.76. The fourth-order valence-corrected chi connectivity index (χ4v) is 2.47. The van der Waals surface area contributed by atoms with E-state index in [1.165, 1.54) is 5.56 Å². The summed E-state index contributed by atoms with van der Waals surface area (Å²) < 4.78 is 0. The number of benzene rings is 2. The first-order chi connectivity index (χ1) is 11.1. The number of nitrogens with one attached hydrogen (secondary N) is 1. The first-order valence-electron chi connectivity index (χ1n) is 7.76. The zero-order chi connectivity index (χ0) is 16.7. The van der Waals surface area contributed by atoms with Crippen LogP contribution in [0.3, 0.4) is 0 Å². The molecule has 2 rings (SSSR count). The summed E-state index contributed by atoms with van der Waals surface area (Å²) in [7, 11) is 0. The maximum Gasteiger partial charge on any atom is 0.335 e. The van der Waals surface area contributed by atoms with Crippen LogP contribution in [0.5, 0.6) is 0 Å². The molecule has 2 N–H and O–H groups in total. The molecule has 4 heteroatoms. The molecule has 0 aliphatic rings. The lowest BCUT2D eigenvalue weighted by atomic mass is 10.0. The summed E-state index contributed by atoms with van der Waals surface area (Å²) in [5.74, 6) is -0.924. The van der Waals surface area contributed by atoms with Crippen molar-refractivity contribution >= 4 is 11.9 Å². The van der Waals surface area contributed by atoms with E-state index < -0.39 is 5.97 Å². The minimum Gasteiger partial charge on any atom is -0.478 e. The molecule has 0 atom stereocenters. The number of hydrogen-bond acceptors (Lipinski definition) is 2. The van der Waals surface area contributed by atoms with Gasteiger partial charge in [0.25, 0.3) is 0 Å². The molecule has 0 aliphatic carbocycles. The molecule has 0 heterocycles. The Morgan fingerprint density at radius 1 is 1.00 bits per heavy atom. The first kappa shape index (κ1) is 16.7. The number of amides is 1. The second kappa shape index (κ2) is 8.13. The minimum absolute atomic E-state index is 0.00746. The second-order valence-corrected chi connectivity index (χ2v) is 5.40. The molecule has 0 aromatic heterocycles. The van der Waals surface area contributed by atoms with Gasteiger partial charge in [0.05, 0.1) is 12.0 Å². The molecule has 120 valence electrons. The Balaban J connectivity index is 1.81. The van der Waals surface area contributed by atoms with E-state index in [1.807, 2.05) is 24.3 Å². The highest BCUT2D eigenvalue weighted by Gasteiger charge is 2.07. The van der Waals surface area contributed by atoms with Crippen molar-refractivity contribution in [2.45, 2.75) is 26.2 Å². The molecule has 0 unspecified atom stereocenters. The molecule has 0 radical (unpaired) electrons. The molecule has 1 amide bonds. The Morgan fingerprint density at radius 2 is 1.65 bits per heavy atom. The van der Waals surface area contributed by atoms with Crippen LogP contribution in [0, 0.1) is 0 Å². The molecular weight excluding hydrogens is 290 g/mol. The largest absolute Gasteiger partial charge is 0.478 e. The van der Waals surface area contributed by atoms with Crippen LogP contribution >= 0.6 is 0 Å². The van der Waals surface area contributed by atoms with Crippen LogP contribution < -0.4 is 5.32 Å². The van der Waals surface area contributed by atoms with Gasteiger partial charge in [0.2, 0.25) is 5.91 Å². The summed E-state index contributed by atoms with van der Waals surface area (Å²) in [6, 6.07) is 14.7. The molecule has 0 aliphatic heterocycles. The van der Waals surface area contributed by atoms with Crippen LogP contribution in [-0.4, -0.2) is 23.5 Å². The van der Waals surface area contributed by atoms with Crippen molar-refractivity contribution in [1.82, 2.24) is 5.32 Å². The number of aryl methyl sites for hydroxylation is 1. The lowest BCUT2D eigenvalue weighted by molar-refractivity contribution is -0.120. The molecule has 23 heavy (non-hydrogen) atoms. The molecule has 0 fully saturated rings. The fraction of sp³-hybridized carbons (Fsp3) is 0.263. The summed E-state index contributed by atoms with van der Waals surface area (Å²) in [6.07, 6.45) is 1.99. The predicted octanol–water partition coefficient (Wildman–Crippen LogP) is 2.85. The Hall–Kier alpha value is -2.62. The van der Waals surface area contributed by atoms with Crippen LogP contribution in [-0.2, 0) is 24.1 Å². The lowest BCUT2D eigenvalue weighted by Crippen LogP contribution is -2.27. The van der Waals surface area contributed by atoms with Gasteiger partial charge in [-0.15, -0.1) is 0 Å². The lowest BCUT2D eigenvalue weighted by Gasteiger charge is -2.09. The van der Waals surface area contributed by atoms with Crippen molar-refractivity contribution in [3.63, 3.8) is 0 Å². The number of carboxylic acids is 1. The predicted molar refractivity (Wildman–Crippen MR) is 89.6 cm³/mol. The van der Waals surface area contributed by atoms with Crippen LogP contribution in [0.25, 0.3) is 0 Å². The zero-order valence-corrected chi connectivity index (χ0v) is 13.2. The van der Waals surface area contributed by atoms with E-state index >= 15 is 0 Å². The molecule has 0 saturated carbocycles. The van der Waals surface area contributed by atoms with Gasteiger partial charge >= 0.3 is 5.97 Å². The van der Waals surface area contributed by atoms with Gasteiger partial charge in [0.15, 0.2) is 0 Å². The average Bonchev–Trinajstić information content (AvgIpc) is 2.56. The summed E-state index contributed by atoms with van der Waals surface area (Å²) in [6.45, 7) is 2.62. The van der Waals surface area contributed by atoms with Gasteiger partial charge in [-0.1, -0.05) is 43.3 Å². The van der Waals surface area contributed by atoms with Crippen molar-refractivity contribution in [1.29, 1.82) is 0 Å². The number of carboxylic acid groups (broad SMARTS) is 1. The number of rotatable bonds is 7. The van der Waals surface area contributed by atoms with Gasteiger partial charge in [-0.2, -0.15) is 0 Å². The van der Waals surface area contributed by atoms with Crippen LogP contribution in [0.15, 0.2) is 48.5 Å². The van der Waals surface area contributed by atoms with Crippen molar-refractivity contribution < 1.29 is 14.7 Å². The Morgan fingerprint density at radius 3 is 2.26 bits per heavy atom. The van der Waals surface area contributed by atoms with Crippen molar-refractivity contribution in [3.05, 3.63) is 70.8 Å². The Labute approximate surface area is 136 Å². The third-order valence-corrected chi connectivity index (χ3v) is 3.79. The van der Waals surface area contributed by atoms with E-state index in [0.717, 1.165) is 17.5 Å². The fourth-order valence-electron chi connectivity index (χ4n) is 2.47. The van der Waals surface area contributed by atoms with Crippen molar-refractivity contribution in [3.8, 4) is 0 Å². The molecule has 4 nitrogen and oxygen atoms in total. The maximum absolute atomic E-state index is 12.0. The summed E-state index contributed by atoms with van der Waals surface area (Å²) in [5, 5.41) is 11.8. The summed E-state index contributed by atoms with van der Waals surface area (Å²) in [4.78, 5) is 22.8. The standard InChI is InChI=1S/C19H21NO3/c1-2-15-5-3-4-6-17(15)13-18(21)20-12-11-14-7-9-16(10-8-14)19(22)23/h3-10H,2,11-13H2,1H3,(H,20,21)(H,22,23). The Kier molecular flexibility index (Phi) is 5.92. The summed E-state index contributed by atoms with van der Waals surface area (Å²) in [5.41, 5.74) is 3.54. The average molecular weight is 311 g/mol. The van der Waals surface area contributed by atoms with Crippen LogP contribution in [0.2, 0.25) is 0 Å². The minimum atomic E-state index is -0.931. The topological polar surface area (TPSA) is 66.4 Å². The van der Waals surface area contributed by atoms with Gasteiger partial charge in [0, 0.05) is 6.54 Å². The molecule has 0 saturated heterocycles. The number of carbonyl (C=O) groups excluding carboxylic acids is 1. The van der Waals surface area contributed by atoms with E-state index in [2.05, 4.69) is 12.2 Å². The molecule has 0 spiro atoms. The zero-order valence-electron chi connectivity index (χ0n) is 13.2. The quantitative estimate of drug-likeness (QED) is 0.826. The van der Waals surface area contributed by atoms with Crippen LogP contribution in [0.1, 0.15) is 34.0 Å². The van der Waals surface area contributed by atoms with E-state index in [9.17, 15) is 9.59 Å². The van der Waals surface area contributed by atoms with E-state index in [-0.39, 0.29) is 11.5 Å². The van der Waals surface area contributed by atoms with Crippen molar-refractivity contribution in [2.24, 2.45) is 0 Å². The van der Waals surface area contributed by atoms with Gasteiger partial charge < -0.3 is 10.4 Å². The normalized spacial score (nSPS) is 10.3. The molecule has 2 aromatic carbocycles. The summed E-state index contributed by atoms with van der Waals surface area (Å²) >= 11 is 0. The molecular formula is C19H21NO3. The van der Waals surface area contributed by atoms with E-state index in [4.69, 9.17) is 5.11 Å². The third-order valence-electron chi connectivity index (χ3n) is 3.79. The van der Waals surface area contributed by atoms with Crippen molar-refractivity contribution in [2.75, 3.05) is 6.54 Å². The van der Waals surface area contributed by atoms with E-state index in [0.29, 0.717) is 19.4 Å². The number of hydrogen-bond donors (Lipinski definition) is 2. The number of aromatic carboxylic acids is 1. The second-order valence-electron chi connectivity index (χ2n) is 5.40.